The van der Waals surface area contributed by atoms with E-state index in [4.69, 9.17) is 30.5 Å². The highest BCUT2D eigenvalue weighted by molar-refractivity contribution is 6.30. The van der Waals surface area contributed by atoms with Crippen LogP contribution in [-0.2, 0) is 32.2 Å². The molecule has 196 valence electrons. The molecule has 0 saturated heterocycles. The first-order valence-corrected chi connectivity index (χ1v) is 12.3. The van der Waals surface area contributed by atoms with Gasteiger partial charge in [-0.05, 0) is 41.0 Å². The Balaban J connectivity index is 1.69. The number of esters is 2. The third-order valence-electron chi connectivity index (χ3n) is 6.11. The summed E-state index contributed by atoms with van der Waals surface area (Å²) in [5.74, 6) is -0.862. The summed E-state index contributed by atoms with van der Waals surface area (Å²) in [6, 6.07) is 22.4. The van der Waals surface area contributed by atoms with E-state index >= 15 is 0 Å². The van der Waals surface area contributed by atoms with E-state index in [9.17, 15) is 9.59 Å². The molecular formula is C30H28ClNO6. The number of carbonyl (C=O) groups is 2. The van der Waals surface area contributed by atoms with Crippen molar-refractivity contribution < 1.29 is 28.5 Å². The molecule has 0 fully saturated rings. The Labute approximate surface area is 226 Å². The van der Waals surface area contributed by atoms with Gasteiger partial charge in [0.05, 0.1) is 38.4 Å². The van der Waals surface area contributed by atoms with Crippen LogP contribution < -0.4 is 9.47 Å². The quantitative estimate of drug-likeness (QED) is 0.329. The lowest BCUT2D eigenvalue weighted by molar-refractivity contribution is -0.137. The highest BCUT2D eigenvalue weighted by atomic mass is 35.5. The lowest BCUT2D eigenvalue weighted by atomic mass is 9.83. The molecule has 38 heavy (non-hydrogen) atoms. The molecule has 0 unspecified atom stereocenters. The molecule has 0 spiro atoms. The molecule has 8 heteroatoms. The van der Waals surface area contributed by atoms with Gasteiger partial charge in [-0.1, -0.05) is 60.1 Å². The lowest BCUT2D eigenvalue weighted by Gasteiger charge is -2.30. The number of nitrogens with zero attached hydrogens (tertiary/aromatic N) is 1. The third-order valence-corrected chi connectivity index (χ3v) is 6.36. The van der Waals surface area contributed by atoms with Crippen LogP contribution in [0.5, 0.6) is 11.5 Å². The minimum atomic E-state index is -0.742. The summed E-state index contributed by atoms with van der Waals surface area (Å²) in [6.07, 6.45) is 3.37. The SMILES string of the molecule is COC(=O)C1=CN(Cc2ccc(Cl)cc2)C=C(C(=O)OC)C1c1ccc(OCc2ccccc2)c(OC)c1. The van der Waals surface area contributed by atoms with Gasteiger partial charge >= 0.3 is 11.9 Å². The molecule has 1 aliphatic rings. The van der Waals surface area contributed by atoms with Crippen LogP contribution in [0.15, 0.2) is 96.3 Å². The second-order valence-electron chi connectivity index (χ2n) is 8.57. The van der Waals surface area contributed by atoms with E-state index in [0.717, 1.165) is 11.1 Å². The Hall–Kier alpha value is -4.23. The van der Waals surface area contributed by atoms with Crippen molar-refractivity contribution in [3.8, 4) is 11.5 Å². The van der Waals surface area contributed by atoms with Crippen molar-refractivity contribution >= 4 is 23.5 Å². The molecule has 0 amide bonds. The number of halogens is 1. The first-order valence-electron chi connectivity index (χ1n) is 11.9. The van der Waals surface area contributed by atoms with E-state index in [1.54, 1.807) is 47.6 Å². The van der Waals surface area contributed by atoms with Crippen molar-refractivity contribution in [3.63, 3.8) is 0 Å². The molecule has 0 aromatic heterocycles. The Morgan fingerprint density at radius 3 is 2.00 bits per heavy atom. The van der Waals surface area contributed by atoms with Gasteiger partial charge in [0.2, 0.25) is 0 Å². The molecule has 1 aliphatic heterocycles. The summed E-state index contributed by atoms with van der Waals surface area (Å²) < 4.78 is 21.8. The molecular weight excluding hydrogens is 506 g/mol. The number of carbonyl (C=O) groups excluding carboxylic acids is 2. The standard InChI is InChI=1S/C30H28ClNO6/c1-35-27-15-22(11-14-26(27)38-19-21-7-5-4-6-8-21)28-24(29(33)36-2)17-32(18-25(28)30(34)37-3)16-20-9-12-23(31)13-10-20/h4-15,17-18,28H,16,19H2,1-3H3. The second-order valence-corrected chi connectivity index (χ2v) is 9.00. The number of hydrogen-bond donors (Lipinski definition) is 0. The average molecular weight is 534 g/mol. The summed E-state index contributed by atoms with van der Waals surface area (Å²) >= 11 is 6.02. The predicted molar refractivity (Wildman–Crippen MR) is 144 cm³/mol. The molecule has 4 rings (SSSR count). The van der Waals surface area contributed by atoms with Crippen LogP contribution in [-0.4, -0.2) is 38.2 Å². The Kier molecular flexibility index (Phi) is 8.71. The van der Waals surface area contributed by atoms with E-state index in [1.807, 2.05) is 42.5 Å². The Morgan fingerprint density at radius 1 is 0.789 bits per heavy atom. The van der Waals surface area contributed by atoms with Crippen LogP contribution in [0.25, 0.3) is 0 Å². The zero-order valence-corrected chi connectivity index (χ0v) is 22.1. The minimum Gasteiger partial charge on any atom is -0.493 e. The van der Waals surface area contributed by atoms with E-state index in [-0.39, 0.29) is 11.1 Å². The van der Waals surface area contributed by atoms with Crippen molar-refractivity contribution in [2.75, 3.05) is 21.3 Å². The van der Waals surface area contributed by atoms with Crippen LogP contribution in [0, 0.1) is 0 Å². The van der Waals surface area contributed by atoms with Crippen LogP contribution in [0.4, 0.5) is 0 Å². The Bertz CT molecular complexity index is 1320. The molecule has 7 nitrogen and oxygen atoms in total. The monoisotopic (exact) mass is 533 g/mol. The van der Waals surface area contributed by atoms with Crippen LogP contribution in [0.2, 0.25) is 5.02 Å². The maximum absolute atomic E-state index is 13.0. The van der Waals surface area contributed by atoms with E-state index in [2.05, 4.69) is 0 Å². The lowest BCUT2D eigenvalue weighted by Crippen LogP contribution is -2.28. The number of methoxy groups -OCH3 is 3. The van der Waals surface area contributed by atoms with Crippen molar-refractivity contribution in [2.24, 2.45) is 0 Å². The first kappa shape index (κ1) is 26.8. The van der Waals surface area contributed by atoms with Gasteiger partial charge in [0.1, 0.15) is 6.61 Å². The summed E-state index contributed by atoms with van der Waals surface area (Å²) in [5, 5.41) is 0.620. The molecule has 0 radical (unpaired) electrons. The number of ether oxygens (including phenoxy) is 4. The van der Waals surface area contributed by atoms with Gasteiger partial charge in [-0.25, -0.2) is 9.59 Å². The smallest absolute Gasteiger partial charge is 0.336 e. The number of hydrogen-bond acceptors (Lipinski definition) is 7. The molecule has 0 atom stereocenters. The van der Waals surface area contributed by atoms with Gasteiger partial charge in [-0.2, -0.15) is 0 Å². The summed E-state index contributed by atoms with van der Waals surface area (Å²) in [7, 11) is 4.15. The zero-order valence-electron chi connectivity index (χ0n) is 21.3. The number of rotatable bonds is 9. The predicted octanol–water partition coefficient (Wildman–Crippen LogP) is 5.64. The molecule has 0 N–H and O–H groups in total. The van der Waals surface area contributed by atoms with Crippen LogP contribution >= 0.6 is 11.6 Å². The van der Waals surface area contributed by atoms with Crippen molar-refractivity contribution in [1.29, 1.82) is 0 Å². The Morgan fingerprint density at radius 2 is 1.42 bits per heavy atom. The van der Waals surface area contributed by atoms with Gasteiger partial charge in [-0.3, -0.25) is 0 Å². The summed E-state index contributed by atoms with van der Waals surface area (Å²) in [6.45, 7) is 0.765. The van der Waals surface area contributed by atoms with E-state index < -0.39 is 17.9 Å². The molecule has 1 heterocycles. The topological polar surface area (TPSA) is 74.3 Å². The highest BCUT2D eigenvalue weighted by Gasteiger charge is 2.35. The van der Waals surface area contributed by atoms with Crippen molar-refractivity contribution in [1.82, 2.24) is 4.90 Å². The third kappa shape index (κ3) is 6.18. The molecule has 0 bridgehead atoms. The van der Waals surface area contributed by atoms with Gasteiger partial charge in [0.25, 0.3) is 0 Å². The van der Waals surface area contributed by atoms with Crippen LogP contribution in [0.3, 0.4) is 0 Å². The molecule has 0 aliphatic carbocycles. The summed E-state index contributed by atoms with van der Waals surface area (Å²) in [5.41, 5.74) is 3.16. The van der Waals surface area contributed by atoms with Gasteiger partial charge in [-0.15, -0.1) is 0 Å². The largest absolute Gasteiger partial charge is 0.493 e. The molecule has 3 aromatic carbocycles. The van der Waals surface area contributed by atoms with Crippen molar-refractivity contribution in [3.05, 3.63) is 118 Å². The normalized spacial score (nSPS) is 13.3. The number of benzene rings is 3. The minimum absolute atomic E-state index is 0.282. The maximum atomic E-state index is 13.0. The molecule has 3 aromatic rings. The van der Waals surface area contributed by atoms with E-state index in [0.29, 0.717) is 35.2 Å². The van der Waals surface area contributed by atoms with Gasteiger partial charge in [0, 0.05) is 24.0 Å². The highest BCUT2D eigenvalue weighted by Crippen LogP contribution is 2.41. The fraction of sp³-hybridized carbons (Fsp3) is 0.200. The fourth-order valence-electron chi connectivity index (χ4n) is 4.26. The summed E-state index contributed by atoms with van der Waals surface area (Å²) in [4.78, 5) is 27.7. The van der Waals surface area contributed by atoms with Crippen LogP contribution in [0.1, 0.15) is 22.6 Å². The maximum Gasteiger partial charge on any atom is 0.336 e. The van der Waals surface area contributed by atoms with E-state index in [1.165, 1.54) is 21.3 Å². The van der Waals surface area contributed by atoms with Gasteiger partial charge < -0.3 is 23.8 Å². The first-order chi connectivity index (χ1) is 18.4. The second kappa shape index (κ2) is 12.3. The van der Waals surface area contributed by atoms with Gasteiger partial charge in [0.15, 0.2) is 11.5 Å². The van der Waals surface area contributed by atoms with Crippen molar-refractivity contribution in [2.45, 2.75) is 19.1 Å². The zero-order chi connectivity index (χ0) is 27.1. The fourth-order valence-corrected chi connectivity index (χ4v) is 4.38. The average Bonchev–Trinajstić information content (AvgIpc) is 2.96. The molecule has 0 saturated carbocycles.